The standard InChI is InChI=1S/C15H21Br/c1-11(16)10-15(2,3)14-9-13(14)12-7-5-4-6-8-12/h4-8,11,13-14H,9-10H2,1-3H3. The lowest BCUT2D eigenvalue weighted by Crippen LogP contribution is -2.18. The number of alkyl halides is 1. The predicted molar refractivity (Wildman–Crippen MR) is 74.1 cm³/mol. The van der Waals surface area contributed by atoms with Crippen molar-refractivity contribution in [3.05, 3.63) is 35.9 Å². The number of halogens is 1. The van der Waals surface area contributed by atoms with Gasteiger partial charge in [0.15, 0.2) is 0 Å². The van der Waals surface area contributed by atoms with E-state index in [1.807, 2.05) is 0 Å². The van der Waals surface area contributed by atoms with Crippen LogP contribution in [0.4, 0.5) is 0 Å². The smallest absolute Gasteiger partial charge is 0.0122 e. The molecule has 88 valence electrons. The van der Waals surface area contributed by atoms with Crippen molar-refractivity contribution in [1.82, 2.24) is 0 Å². The highest BCUT2D eigenvalue weighted by molar-refractivity contribution is 9.09. The van der Waals surface area contributed by atoms with Gasteiger partial charge in [0.2, 0.25) is 0 Å². The van der Waals surface area contributed by atoms with Gasteiger partial charge in [0.05, 0.1) is 0 Å². The topological polar surface area (TPSA) is 0 Å². The lowest BCUT2D eigenvalue weighted by molar-refractivity contribution is 0.280. The molecule has 2 rings (SSSR count). The molecule has 1 aromatic rings. The third kappa shape index (κ3) is 2.68. The zero-order chi connectivity index (χ0) is 11.8. The van der Waals surface area contributed by atoms with E-state index in [4.69, 9.17) is 0 Å². The van der Waals surface area contributed by atoms with E-state index >= 15 is 0 Å². The summed E-state index contributed by atoms with van der Waals surface area (Å²) < 4.78 is 0. The van der Waals surface area contributed by atoms with Gasteiger partial charge in [-0.15, -0.1) is 0 Å². The van der Waals surface area contributed by atoms with Gasteiger partial charge in [0.1, 0.15) is 0 Å². The molecule has 1 saturated carbocycles. The fourth-order valence-corrected chi connectivity index (χ4v) is 3.84. The van der Waals surface area contributed by atoms with Crippen molar-refractivity contribution in [1.29, 1.82) is 0 Å². The number of benzene rings is 1. The molecule has 0 amide bonds. The maximum Gasteiger partial charge on any atom is 0.0122 e. The van der Waals surface area contributed by atoms with Crippen LogP contribution < -0.4 is 0 Å². The molecule has 1 fully saturated rings. The third-order valence-electron chi connectivity index (χ3n) is 3.83. The highest BCUT2D eigenvalue weighted by atomic mass is 79.9. The molecular formula is C15H21Br. The van der Waals surface area contributed by atoms with E-state index in [-0.39, 0.29) is 0 Å². The van der Waals surface area contributed by atoms with Crippen LogP contribution in [0, 0.1) is 11.3 Å². The van der Waals surface area contributed by atoms with Crippen LogP contribution in [0.25, 0.3) is 0 Å². The molecule has 16 heavy (non-hydrogen) atoms. The van der Waals surface area contributed by atoms with E-state index < -0.39 is 0 Å². The summed E-state index contributed by atoms with van der Waals surface area (Å²) in [7, 11) is 0. The molecule has 3 unspecified atom stereocenters. The summed E-state index contributed by atoms with van der Waals surface area (Å²) in [4.78, 5) is 0.625. The van der Waals surface area contributed by atoms with Gasteiger partial charge in [0, 0.05) is 4.83 Å². The monoisotopic (exact) mass is 280 g/mol. The summed E-state index contributed by atoms with van der Waals surface area (Å²) in [6.07, 6.45) is 2.64. The van der Waals surface area contributed by atoms with Crippen LogP contribution in [-0.2, 0) is 0 Å². The second kappa shape index (κ2) is 4.52. The van der Waals surface area contributed by atoms with Gasteiger partial charge in [-0.05, 0) is 35.7 Å². The first-order chi connectivity index (χ1) is 7.50. The maximum atomic E-state index is 3.68. The SMILES string of the molecule is CC(Br)CC(C)(C)C1CC1c1ccccc1. The Bertz CT molecular complexity index is 340. The summed E-state index contributed by atoms with van der Waals surface area (Å²) in [5.74, 6) is 1.68. The first-order valence-corrected chi connectivity index (χ1v) is 7.11. The highest BCUT2D eigenvalue weighted by Crippen LogP contribution is 2.58. The molecule has 0 aliphatic heterocycles. The van der Waals surface area contributed by atoms with Gasteiger partial charge >= 0.3 is 0 Å². The number of rotatable bonds is 4. The lowest BCUT2D eigenvalue weighted by atomic mass is 9.81. The molecule has 0 radical (unpaired) electrons. The van der Waals surface area contributed by atoms with Crippen molar-refractivity contribution < 1.29 is 0 Å². The van der Waals surface area contributed by atoms with Crippen molar-refractivity contribution in [2.75, 3.05) is 0 Å². The third-order valence-corrected chi connectivity index (χ3v) is 4.15. The molecule has 0 heterocycles. The van der Waals surface area contributed by atoms with Crippen molar-refractivity contribution >= 4 is 15.9 Å². The van der Waals surface area contributed by atoms with Crippen LogP contribution in [-0.4, -0.2) is 4.83 Å². The molecular weight excluding hydrogens is 260 g/mol. The average Bonchev–Trinajstić information content (AvgIpc) is 2.97. The molecule has 0 spiro atoms. The van der Waals surface area contributed by atoms with Gasteiger partial charge in [0.25, 0.3) is 0 Å². The molecule has 1 aliphatic rings. The van der Waals surface area contributed by atoms with Crippen LogP contribution in [0.5, 0.6) is 0 Å². The lowest BCUT2D eigenvalue weighted by Gasteiger charge is -2.26. The van der Waals surface area contributed by atoms with Crippen LogP contribution in [0.15, 0.2) is 30.3 Å². The highest BCUT2D eigenvalue weighted by Gasteiger charge is 2.47. The van der Waals surface area contributed by atoms with Crippen LogP contribution in [0.2, 0.25) is 0 Å². The van der Waals surface area contributed by atoms with E-state index in [0.717, 1.165) is 11.8 Å². The number of hydrogen-bond acceptors (Lipinski definition) is 0. The molecule has 3 atom stereocenters. The minimum Gasteiger partial charge on any atom is -0.0893 e. The van der Waals surface area contributed by atoms with Gasteiger partial charge in [-0.25, -0.2) is 0 Å². The Kier molecular flexibility index (Phi) is 3.44. The van der Waals surface area contributed by atoms with Gasteiger partial charge < -0.3 is 0 Å². The van der Waals surface area contributed by atoms with Crippen molar-refractivity contribution in [3.63, 3.8) is 0 Å². The Balaban J connectivity index is 2.01. The molecule has 0 saturated heterocycles. The molecule has 0 nitrogen and oxygen atoms in total. The van der Waals surface area contributed by atoms with E-state index in [1.165, 1.54) is 18.4 Å². The Labute approximate surface area is 108 Å². The van der Waals surface area contributed by atoms with Crippen molar-refractivity contribution in [3.8, 4) is 0 Å². The first kappa shape index (κ1) is 12.2. The molecule has 0 bridgehead atoms. The first-order valence-electron chi connectivity index (χ1n) is 6.20. The molecule has 1 aliphatic carbocycles. The van der Waals surface area contributed by atoms with E-state index in [9.17, 15) is 0 Å². The Morgan fingerprint density at radius 3 is 2.50 bits per heavy atom. The summed E-state index contributed by atoms with van der Waals surface area (Å²) >= 11 is 3.68. The minimum absolute atomic E-state index is 0.462. The zero-order valence-electron chi connectivity index (χ0n) is 10.4. The Morgan fingerprint density at radius 1 is 1.31 bits per heavy atom. The summed E-state index contributed by atoms with van der Waals surface area (Å²) in [5.41, 5.74) is 1.99. The second-order valence-corrected chi connectivity index (χ2v) is 7.40. The van der Waals surface area contributed by atoms with E-state index in [0.29, 0.717) is 10.2 Å². The van der Waals surface area contributed by atoms with Gasteiger partial charge in [-0.3, -0.25) is 0 Å². The summed E-state index contributed by atoms with van der Waals surface area (Å²) in [5, 5.41) is 0. The Hall–Kier alpha value is -0.300. The second-order valence-electron chi connectivity index (χ2n) is 5.83. The van der Waals surface area contributed by atoms with Crippen LogP contribution in [0.3, 0.4) is 0 Å². The van der Waals surface area contributed by atoms with Gasteiger partial charge in [-0.1, -0.05) is 67.0 Å². The van der Waals surface area contributed by atoms with Crippen molar-refractivity contribution in [2.24, 2.45) is 11.3 Å². The van der Waals surface area contributed by atoms with Crippen LogP contribution >= 0.6 is 15.9 Å². The van der Waals surface area contributed by atoms with E-state index in [1.54, 1.807) is 0 Å². The fraction of sp³-hybridized carbons (Fsp3) is 0.600. The Morgan fingerprint density at radius 2 is 1.94 bits per heavy atom. The number of hydrogen-bond donors (Lipinski definition) is 0. The molecule has 1 aromatic carbocycles. The van der Waals surface area contributed by atoms with Crippen LogP contribution in [0.1, 0.15) is 45.1 Å². The van der Waals surface area contributed by atoms with Gasteiger partial charge in [-0.2, -0.15) is 0 Å². The fourth-order valence-electron chi connectivity index (χ4n) is 3.00. The zero-order valence-corrected chi connectivity index (χ0v) is 12.0. The molecule has 0 N–H and O–H groups in total. The normalized spacial score (nSPS) is 26.5. The summed E-state index contributed by atoms with van der Waals surface area (Å²) in [6, 6.07) is 11.0. The molecule has 1 heteroatoms. The molecule has 0 aromatic heterocycles. The van der Waals surface area contributed by atoms with Crippen molar-refractivity contribution in [2.45, 2.75) is 44.4 Å². The minimum atomic E-state index is 0.462. The predicted octanol–water partition coefficient (Wildman–Crippen LogP) is 4.99. The largest absolute Gasteiger partial charge is 0.0893 e. The maximum absolute atomic E-state index is 3.68. The summed E-state index contributed by atoms with van der Waals surface area (Å²) in [6.45, 7) is 7.08. The average molecular weight is 281 g/mol. The van der Waals surface area contributed by atoms with E-state index in [2.05, 4.69) is 67.0 Å². The quantitative estimate of drug-likeness (QED) is 0.682.